The highest BCUT2D eigenvalue weighted by Gasteiger charge is 2.55. The number of carbonyl (C=O) groups is 4. The Morgan fingerprint density at radius 3 is 2.62 bits per heavy atom. The summed E-state index contributed by atoms with van der Waals surface area (Å²) >= 11 is 7.93. The van der Waals surface area contributed by atoms with Crippen molar-refractivity contribution in [3.63, 3.8) is 0 Å². The molecule has 17 nitrogen and oxygen atoms in total. The monoisotopic (exact) mass is 708 g/mol. The van der Waals surface area contributed by atoms with Gasteiger partial charge in [0.25, 0.3) is 11.8 Å². The zero-order valence-electron chi connectivity index (χ0n) is 24.9. The standard InChI is InChI=1S/C28H24N10O7S3/c1-37-22(34-35-36-37)20(46)15-10-48-26-17(25(43)38(26)18(15)27(44)45)32-24(42)16(12-5-3-11(9-39)4-6-12)31-23(41)14-8-29-21-13(19(14)40)7-30-28(33-21)47-2/h3-8,16-17,26,39H,9-10H2,1-2H3,(H,31,41)(H,32,42)(H,44,45)(H,29,30,33,40)/t16?,17?,26-/m0/s1. The molecule has 1 fully saturated rings. The molecule has 4 aromatic rings. The molecule has 1 saturated heterocycles. The van der Waals surface area contributed by atoms with Crippen LogP contribution in [0, 0.1) is 0 Å². The van der Waals surface area contributed by atoms with Gasteiger partial charge in [0, 0.05) is 30.8 Å². The van der Waals surface area contributed by atoms with E-state index in [-0.39, 0.29) is 50.9 Å². The van der Waals surface area contributed by atoms with E-state index in [1.165, 1.54) is 52.7 Å². The van der Waals surface area contributed by atoms with E-state index < -0.39 is 46.6 Å². The maximum Gasteiger partial charge on any atom is 0.353 e. The lowest BCUT2D eigenvalue weighted by Gasteiger charge is -2.49. The van der Waals surface area contributed by atoms with Crippen molar-refractivity contribution >= 4 is 75.3 Å². The molecule has 20 heteroatoms. The number of aromatic amines is 1. The molecule has 1 aromatic carbocycles. The molecule has 0 aliphatic carbocycles. The highest BCUT2D eigenvalue weighted by Crippen LogP contribution is 2.41. The van der Waals surface area contributed by atoms with Gasteiger partial charge in [0.2, 0.25) is 11.3 Å². The third-order valence-electron chi connectivity index (χ3n) is 7.64. The molecule has 0 saturated carbocycles. The number of aryl methyl sites for hydroxylation is 1. The molecule has 0 spiro atoms. The zero-order valence-corrected chi connectivity index (χ0v) is 27.4. The molecule has 5 N–H and O–H groups in total. The summed E-state index contributed by atoms with van der Waals surface area (Å²) in [4.78, 5) is 78.5. The Labute approximate surface area is 283 Å². The number of hydrogen-bond donors (Lipinski definition) is 5. The van der Waals surface area contributed by atoms with E-state index in [4.69, 9.17) is 12.2 Å². The Bertz CT molecular complexity index is 2100. The smallest absolute Gasteiger partial charge is 0.353 e. The first kappa shape index (κ1) is 32.9. The summed E-state index contributed by atoms with van der Waals surface area (Å²) in [5, 5.41) is 35.6. The van der Waals surface area contributed by atoms with Crippen molar-refractivity contribution in [2.75, 3.05) is 12.0 Å². The van der Waals surface area contributed by atoms with Gasteiger partial charge in [-0.15, -0.1) is 16.9 Å². The molecular formula is C28H24N10O7S3. The maximum atomic E-state index is 13.8. The number of tetrazole rings is 1. The van der Waals surface area contributed by atoms with Crippen molar-refractivity contribution in [3.05, 3.63) is 80.7 Å². The number of nitrogens with zero attached hydrogens (tertiary/aromatic N) is 7. The Balaban J connectivity index is 1.26. The molecule has 0 bridgehead atoms. The number of fused-ring (bicyclic) bond motifs is 2. The Morgan fingerprint density at radius 1 is 1.23 bits per heavy atom. The van der Waals surface area contributed by atoms with Crippen LogP contribution in [0.5, 0.6) is 0 Å². The number of carboxylic acids is 1. The van der Waals surface area contributed by atoms with Crippen molar-refractivity contribution in [1.82, 2.24) is 50.7 Å². The first-order valence-electron chi connectivity index (χ1n) is 14.0. The molecule has 3 aromatic heterocycles. The maximum absolute atomic E-state index is 13.8. The molecule has 3 amide bonds. The number of aliphatic carboxylic acids is 1. The van der Waals surface area contributed by atoms with E-state index in [0.717, 1.165) is 4.90 Å². The number of aliphatic hydroxyl groups is 1. The average Bonchev–Trinajstić information content (AvgIpc) is 3.53. The summed E-state index contributed by atoms with van der Waals surface area (Å²) in [7, 11) is 1.54. The van der Waals surface area contributed by atoms with Gasteiger partial charge in [-0.1, -0.05) is 48.2 Å². The average molecular weight is 709 g/mol. The number of aliphatic hydroxyl groups excluding tert-OH is 1. The Morgan fingerprint density at radius 2 is 1.98 bits per heavy atom. The number of thiocarbonyl (C=S) groups is 1. The van der Waals surface area contributed by atoms with Crippen LogP contribution < -0.4 is 16.1 Å². The van der Waals surface area contributed by atoms with Crippen molar-refractivity contribution in [2.24, 2.45) is 7.05 Å². The summed E-state index contributed by atoms with van der Waals surface area (Å²) in [6.07, 6.45) is 4.26. The fourth-order valence-corrected chi connectivity index (χ4v) is 7.30. The molecular weight excluding hydrogens is 685 g/mol. The van der Waals surface area contributed by atoms with E-state index in [1.807, 2.05) is 0 Å². The molecule has 2 aliphatic rings. The van der Waals surface area contributed by atoms with Gasteiger partial charge >= 0.3 is 5.97 Å². The normalized spacial score (nSPS) is 17.8. The number of aromatic nitrogens is 7. The minimum absolute atomic E-state index is 0.0693. The Hall–Kier alpha value is -5.05. The van der Waals surface area contributed by atoms with Crippen LogP contribution in [-0.2, 0) is 28.0 Å². The molecule has 3 atom stereocenters. The lowest BCUT2D eigenvalue weighted by molar-refractivity contribution is -0.150. The lowest BCUT2D eigenvalue weighted by Crippen LogP contribution is -2.71. The number of β-lactam (4-membered cyclic amide) rings is 1. The second-order valence-corrected chi connectivity index (χ2v) is 12.7. The predicted molar refractivity (Wildman–Crippen MR) is 175 cm³/mol. The highest BCUT2D eigenvalue weighted by atomic mass is 32.2. The number of rotatable bonds is 10. The summed E-state index contributed by atoms with van der Waals surface area (Å²) in [5.41, 5.74) is -0.0586. The third kappa shape index (κ3) is 5.82. The summed E-state index contributed by atoms with van der Waals surface area (Å²) in [6.45, 7) is -0.264. The minimum atomic E-state index is -1.40. The Kier molecular flexibility index (Phi) is 9.05. The molecule has 2 aliphatic heterocycles. The molecule has 6 rings (SSSR count). The van der Waals surface area contributed by atoms with Gasteiger partial charge < -0.3 is 25.8 Å². The molecule has 0 radical (unpaired) electrons. The SMILES string of the molecule is CSc1ncc2c(=O)c(C(=O)NC(C(=O)NC3C(=O)N4C(C(=O)O)=C(C(=S)c5nnnn5C)CS[C@@H]34)c3ccc(CO)cc3)c[nH]c2n1. The number of pyridine rings is 1. The second-order valence-electron chi connectivity index (χ2n) is 10.4. The molecule has 48 heavy (non-hydrogen) atoms. The van der Waals surface area contributed by atoms with Crippen LogP contribution in [0.1, 0.15) is 33.4 Å². The summed E-state index contributed by atoms with van der Waals surface area (Å²) < 4.78 is 1.29. The van der Waals surface area contributed by atoms with Gasteiger partial charge in [-0.2, -0.15) is 0 Å². The lowest BCUT2D eigenvalue weighted by atomic mass is 9.99. The summed E-state index contributed by atoms with van der Waals surface area (Å²) in [5.74, 6) is -3.54. The largest absolute Gasteiger partial charge is 0.477 e. The van der Waals surface area contributed by atoms with Gasteiger partial charge in [-0.05, 0) is 27.8 Å². The van der Waals surface area contributed by atoms with E-state index >= 15 is 0 Å². The van der Waals surface area contributed by atoms with E-state index in [9.17, 15) is 34.2 Å². The highest BCUT2D eigenvalue weighted by molar-refractivity contribution is 8.00. The van der Waals surface area contributed by atoms with Crippen molar-refractivity contribution in [1.29, 1.82) is 0 Å². The van der Waals surface area contributed by atoms with Crippen LogP contribution in [-0.4, -0.2) is 102 Å². The minimum Gasteiger partial charge on any atom is -0.477 e. The van der Waals surface area contributed by atoms with Gasteiger partial charge in [-0.25, -0.2) is 19.4 Å². The first-order valence-corrected chi connectivity index (χ1v) is 16.6. The van der Waals surface area contributed by atoms with Gasteiger partial charge in [0.15, 0.2) is 11.0 Å². The predicted octanol–water partition coefficient (Wildman–Crippen LogP) is -0.316. The number of thioether (sulfide) groups is 2. The van der Waals surface area contributed by atoms with Crippen LogP contribution in [0.25, 0.3) is 11.0 Å². The van der Waals surface area contributed by atoms with Crippen LogP contribution in [0.4, 0.5) is 0 Å². The van der Waals surface area contributed by atoms with Crippen LogP contribution in [0.2, 0.25) is 0 Å². The second kappa shape index (κ2) is 13.2. The van der Waals surface area contributed by atoms with Crippen LogP contribution in [0.3, 0.4) is 0 Å². The quantitative estimate of drug-likeness (QED) is 0.0467. The number of amides is 3. The van der Waals surface area contributed by atoms with E-state index in [2.05, 4.69) is 41.1 Å². The zero-order chi connectivity index (χ0) is 34.3. The number of nitrogens with one attached hydrogen (secondary N) is 3. The van der Waals surface area contributed by atoms with Crippen molar-refractivity contribution < 1.29 is 29.4 Å². The number of benzene rings is 1. The van der Waals surface area contributed by atoms with Crippen molar-refractivity contribution in [2.45, 2.75) is 29.2 Å². The van der Waals surface area contributed by atoms with E-state index in [1.54, 1.807) is 25.4 Å². The molecule has 246 valence electrons. The summed E-state index contributed by atoms with van der Waals surface area (Å²) in [6, 6.07) is 3.60. The number of hydrogen-bond acceptors (Lipinski definition) is 14. The third-order valence-corrected chi connectivity index (χ3v) is 9.91. The van der Waals surface area contributed by atoms with Gasteiger partial charge in [-0.3, -0.25) is 24.1 Å². The molecule has 5 heterocycles. The van der Waals surface area contributed by atoms with E-state index in [0.29, 0.717) is 16.3 Å². The fraction of sp³-hybridized carbons (Fsp3) is 0.250. The fourth-order valence-electron chi connectivity index (χ4n) is 5.17. The topological polar surface area (TPSA) is 238 Å². The number of H-pyrrole nitrogens is 1. The first-order chi connectivity index (χ1) is 23.0. The van der Waals surface area contributed by atoms with Gasteiger partial charge in [0.05, 0.1) is 16.9 Å². The number of carboxylic acid groups (broad SMARTS) is 1. The van der Waals surface area contributed by atoms with Crippen molar-refractivity contribution in [3.8, 4) is 0 Å². The van der Waals surface area contributed by atoms with Crippen LogP contribution in [0.15, 0.2) is 57.9 Å². The molecule has 2 unspecified atom stereocenters. The number of carbonyl (C=O) groups excluding carboxylic acids is 3. The van der Waals surface area contributed by atoms with Crippen LogP contribution >= 0.6 is 35.7 Å². The van der Waals surface area contributed by atoms with Gasteiger partial charge in [0.1, 0.15) is 34.4 Å².